The summed E-state index contributed by atoms with van der Waals surface area (Å²) in [4.78, 5) is 2.44. The largest absolute Gasteiger partial charge is 0.296 e. The van der Waals surface area contributed by atoms with Crippen LogP contribution in [0.2, 0.25) is 0 Å². The maximum atomic E-state index is 8.86. The van der Waals surface area contributed by atoms with Crippen molar-refractivity contribution in [2.45, 2.75) is 44.7 Å². The Balaban J connectivity index is 2.13. The van der Waals surface area contributed by atoms with Crippen LogP contribution in [0.3, 0.4) is 0 Å². The molecule has 0 radical (unpaired) electrons. The van der Waals surface area contributed by atoms with Gasteiger partial charge in [-0.1, -0.05) is 60.7 Å². The molecule has 2 aromatic carbocycles. The highest BCUT2D eigenvalue weighted by Gasteiger charge is 2.29. The third-order valence-electron chi connectivity index (χ3n) is 4.62. The van der Waals surface area contributed by atoms with E-state index in [-0.39, 0.29) is 5.54 Å². The van der Waals surface area contributed by atoms with Crippen molar-refractivity contribution in [2.24, 2.45) is 0 Å². The topological polar surface area (TPSA) is 27.0 Å². The smallest absolute Gasteiger partial charge is 0.0621 e. The third kappa shape index (κ3) is 5.23. The zero-order valence-electron chi connectivity index (χ0n) is 14.2. The van der Waals surface area contributed by atoms with Crippen molar-refractivity contribution < 1.29 is 0 Å². The fraction of sp³-hybridized carbons (Fsp3) is 0.381. The number of unbranched alkanes of at least 4 members (excludes halogenated alkanes) is 1. The van der Waals surface area contributed by atoms with Crippen molar-refractivity contribution in [2.75, 3.05) is 7.05 Å². The number of rotatable bonds is 8. The first-order chi connectivity index (χ1) is 11.1. The van der Waals surface area contributed by atoms with Crippen LogP contribution < -0.4 is 0 Å². The average molecular weight is 306 g/mol. The molecule has 120 valence electrons. The summed E-state index contributed by atoms with van der Waals surface area (Å²) in [6.07, 6.45) is 3.60. The summed E-state index contributed by atoms with van der Waals surface area (Å²) in [5.41, 5.74) is 2.73. The van der Waals surface area contributed by atoms with E-state index < -0.39 is 0 Å². The Bertz CT molecular complexity index is 615. The second kappa shape index (κ2) is 8.50. The zero-order valence-corrected chi connectivity index (χ0v) is 14.2. The molecular formula is C21H26N2. The first kappa shape index (κ1) is 17.2. The van der Waals surface area contributed by atoms with Gasteiger partial charge in [-0.05, 0) is 44.4 Å². The van der Waals surface area contributed by atoms with E-state index in [1.807, 2.05) is 0 Å². The molecule has 0 aliphatic carbocycles. The Morgan fingerprint density at radius 2 is 1.52 bits per heavy atom. The van der Waals surface area contributed by atoms with Gasteiger partial charge in [-0.25, -0.2) is 0 Å². The normalized spacial score (nSPS) is 13.5. The molecule has 0 N–H and O–H groups in total. The van der Waals surface area contributed by atoms with Crippen molar-refractivity contribution >= 4 is 0 Å². The number of benzene rings is 2. The summed E-state index contributed by atoms with van der Waals surface area (Å²) >= 11 is 0. The third-order valence-corrected chi connectivity index (χ3v) is 4.62. The lowest BCUT2D eigenvalue weighted by molar-refractivity contribution is 0.116. The van der Waals surface area contributed by atoms with Gasteiger partial charge in [0.25, 0.3) is 0 Å². The molecule has 0 amide bonds. The molecule has 0 saturated carbocycles. The predicted octanol–water partition coefficient (Wildman–Crippen LogP) is 4.81. The van der Waals surface area contributed by atoms with E-state index >= 15 is 0 Å². The van der Waals surface area contributed by atoms with Crippen molar-refractivity contribution in [1.29, 1.82) is 5.26 Å². The minimum absolute atomic E-state index is 0.0496. The van der Waals surface area contributed by atoms with Gasteiger partial charge in [-0.3, -0.25) is 4.90 Å². The average Bonchev–Trinajstić information content (AvgIpc) is 2.57. The molecule has 0 heterocycles. The van der Waals surface area contributed by atoms with E-state index in [1.165, 1.54) is 11.1 Å². The predicted molar refractivity (Wildman–Crippen MR) is 95.9 cm³/mol. The minimum atomic E-state index is 0.0496. The molecule has 0 bridgehead atoms. The summed E-state index contributed by atoms with van der Waals surface area (Å²) in [5.74, 6) is 0. The monoisotopic (exact) mass is 306 g/mol. The Morgan fingerprint density at radius 3 is 2.09 bits per heavy atom. The van der Waals surface area contributed by atoms with Crippen LogP contribution in [-0.2, 0) is 13.0 Å². The van der Waals surface area contributed by atoms with Crippen molar-refractivity contribution in [3.63, 3.8) is 0 Å². The highest BCUT2D eigenvalue weighted by Crippen LogP contribution is 2.27. The quantitative estimate of drug-likeness (QED) is 0.654. The maximum absolute atomic E-state index is 8.86. The van der Waals surface area contributed by atoms with Gasteiger partial charge in [0.05, 0.1) is 6.07 Å². The van der Waals surface area contributed by atoms with Crippen LogP contribution in [0.4, 0.5) is 0 Å². The number of likely N-dealkylation sites (N-methyl/N-ethyl adjacent to an activating group) is 1. The van der Waals surface area contributed by atoms with Gasteiger partial charge in [0.15, 0.2) is 0 Å². The van der Waals surface area contributed by atoms with Crippen LogP contribution in [0.25, 0.3) is 0 Å². The molecule has 0 aliphatic heterocycles. The lowest BCUT2D eigenvalue weighted by atomic mass is 9.86. The van der Waals surface area contributed by atoms with Crippen molar-refractivity contribution in [3.05, 3.63) is 71.8 Å². The molecule has 2 aromatic rings. The molecule has 0 aromatic heterocycles. The number of hydrogen-bond acceptors (Lipinski definition) is 2. The molecule has 2 rings (SSSR count). The highest BCUT2D eigenvalue weighted by molar-refractivity contribution is 5.19. The first-order valence-electron chi connectivity index (χ1n) is 8.30. The molecule has 2 heteroatoms. The van der Waals surface area contributed by atoms with Crippen LogP contribution in [0.1, 0.15) is 37.3 Å². The molecule has 23 heavy (non-hydrogen) atoms. The molecule has 2 nitrogen and oxygen atoms in total. The molecule has 0 spiro atoms. The van der Waals surface area contributed by atoms with E-state index in [0.29, 0.717) is 6.42 Å². The van der Waals surface area contributed by atoms with Gasteiger partial charge < -0.3 is 0 Å². The highest BCUT2D eigenvalue weighted by atomic mass is 15.2. The Morgan fingerprint density at radius 1 is 0.957 bits per heavy atom. The standard InChI is InChI=1S/C21H26N2/c1-21(15-9-10-16-22,17-19-11-5-3-6-12-19)23(2)18-20-13-7-4-8-14-20/h3-8,11-14H,9-10,15,17-18H2,1-2H3. The number of nitriles is 1. The Kier molecular flexibility index (Phi) is 6.38. The molecule has 0 fully saturated rings. The second-order valence-corrected chi connectivity index (χ2v) is 6.51. The van der Waals surface area contributed by atoms with Crippen LogP contribution >= 0.6 is 0 Å². The summed E-state index contributed by atoms with van der Waals surface area (Å²) < 4.78 is 0. The summed E-state index contributed by atoms with van der Waals surface area (Å²) in [7, 11) is 2.20. The lowest BCUT2D eigenvalue weighted by Gasteiger charge is -2.39. The summed E-state index contributed by atoms with van der Waals surface area (Å²) in [5, 5.41) is 8.86. The van der Waals surface area contributed by atoms with E-state index in [4.69, 9.17) is 5.26 Å². The molecule has 1 unspecified atom stereocenters. The van der Waals surface area contributed by atoms with Crippen LogP contribution in [-0.4, -0.2) is 17.5 Å². The molecular weight excluding hydrogens is 280 g/mol. The number of nitrogens with zero attached hydrogens (tertiary/aromatic N) is 2. The fourth-order valence-electron chi connectivity index (χ4n) is 3.05. The van der Waals surface area contributed by atoms with E-state index in [0.717, 1.165) is 25.8 Å². The van der Waals surface area contributed by atoms with Crippen molar-refractivity contribution in [3.8, 4) is 6.07 Å². The van der Waals surface area contributed by atoms with Crippen LogP contribution in [0.15, 0.2) is 60.7 Å². The van der Waals surface area contributed by atoms with Gasteiger partial charge in [0.2, 0.25) is 0 Å². The van der Waals surface area contributed by atoms with Gasteiger partial charge >= 0.3 is 0 Å². The minimum Gasteiger partial charge on any atom is -0.296 e. The van der Waals surface area contributed by atoms with E-state index in [9.17, 15) is 0 Å². The maximum Gasteiger partial charge on any atom is 0.0621 e. The van der Waals surface area contributed by atoms with Gasteiger partial charge in [-0.2, -0.15) is 5.26 Å². The number of hydrogen-bond donors (Lipinski definition) is 0. The van der Waals surface area contributed by atoms with Gasteiger partial charge in [-0.15, -0.1) is 0 Å². The van der Waals surface area contributed by atoms with E-state index in [1.54, 1.807) is 0 Å². The van der Waals surface area contributed by atoms with Gasteiger partial charge in [0.1, 0.15) is 0 Å². The summed E-state index contributed by atoms with van der Waals surface area (Å²) in [6, 6.07) is 23.5. The Hall–Kier alpha value is -2.11. The first-order valence-corrected chi connectivity index (χ1v) is 8.30. The van der Waals surface area contributed by atoms with Crippen molar-refractivity contribution in [1.82, 2.24) is 4.90 Å². The molecule has 1 atom stereocenters. The second-order valence-electron chi connectivity index (χ2n) is 6.51. The molecule has 0 saturated heterocycles. The zero-order chi connectivity index (χ0) is 16.5. The SMILES string of the molecule is CN(Cc1ccccc1)C(C)(CCCC#N)Cc1ccccc1. The summed E-state index contributed by atoms with van der Waals surface area (Å²) in [6.45, 7) is 3.25. The molecule has 0 aliphatic rings. The van der Waals surface area contributed by atoms with Crippen LogP contribution in [0.5, 0.6) is 0 Å². The van der Waals surface area contributed by atoms with Gasteiger partial charge in [0, 0.05) is 18.5 Å². The lowest BCUT2D eigenvalue weighted by Crippen LogP contribution is -2.45. The van der Waals surface area contributed by atoms with Crippen LogP contribution in [0, 0.1) is 11.3 Å². The fourth-order valence-corrected chi connectivity index (χ4v) is 3.05. The Labute approximate surface area is 140 Å². The van der Waals surface area contributed by atoms with E-state index in [2.05, 4.69) is 85.6 Å².